The maximum atomic E-state index is 4.40. The summed E-state index contributed by atoms with van der Waals surface area (Å²) < 4.78 is 2.13. The Bertz CT molecular complexity index is 516. The summed E-state index contributed by atoms with van der Waals surface area (Å²) in [7, 11) is 0. The van der Waals surface area contributed by atoms with Gasteiger partial charge in [0, 0.05) is 24.1 Å². The molecule has 2 aromatic heterocycles. The highest BCUT2D eigenvalue weighted by molar-refractivity contribution is 5.43. The van der Waals surface area contributed by atoms with E-state index in [1.54, 1.807) is 0 Å². The number of rotatable bonds is 5. The highest BCUT2D eigenvalue weighted by Crippen LogP contribution is 2.11. The molecule has 0 unspecified atom stereocenters. The first-order chi connectivity index (χ1) is 8.70. The molecule has 0 spiro atoms. The van der Waals surface area contributed by atoms with Crippen LogP contribution in [-0.2, 0) is 6.54 Å². The van der Waals surface area contributed by atoms with Crippen molar-refractivity contribution in [3.63, 3.8) is 0 Å². The quantitative estimate of drug-likeness (QED) is 0.879. The van der Waals surface area contributed by atoms with Crippen molar-refractivity contribution in [3.8, 4) is 0 Å². The van der Waals surface area contributed by atoms with Gasteiger partial charge in [-0.3, -0.25) is 4.98 Å². The molecule has 0 amide bonds. The van der Waals surface area contributed by atoms with E-state index in [4.69, 9.17) is 0 Å². The molecule has 18 heavy (non-hydrogen) atoms. The number of nitrogens with zero attached hydrogens (tertiary/aromatic N) is 3. The summed E-state index contributed by atoms with van der Waals surface area (Å²) in [5.74, 6) is 0. The molecule has 2 heterocycles. The largest absolute Gasteiger partial charge is 0.385 e. The number of pyridine rings is 1. The zero-order valence-electron chi connectivity index (χ0n) is 11.3. The maximum absolute atomic E-state index is 4.40. The second-order valence-electron chi connectivity index (χ2n) is 4.51. The lowest BCUT2D eigenvalue weighted by molar-refractivity contribution is 0.748. The number of anilines is 1. The van der Waals surface area contributed by atoms with E-state index in [1.165, 1.54) is 5.69 Å². The van der Waals surface area contributed by atoms with Crippen LogP contribution in [0.5, 0.6) is 0 Å². The fourth-order valence-corrected chi connectivity index (χ4v) is 1.82. The zero-order chi connectivity index (χ0) is 13.0. The van der Waals surface area contributed by atoms with E-state index in [0.29, 0.717) is 0 Å². The molecule has 2 rings (SSSR count). The summed E-state index contributed by atoms with van der Waals surface area (Å²) in [6, 6.07) is 4.11. The predicted molar refractivity (Wildman–Crippen MR) is 73.8 cm³/mol. The van der Waals surface area contributed by atoms with Crippen LogP contribution in [0.4, 0.5) is 5.69 Å². The number of hydrogen-bond donors (Lipinski definition) is 1. The molecule has 2 aromatic rings. The van der Waals surface area contributed by atoms with Crippen molar-refractivity contribution < 1.29 is 0 Å². The van der Waals surface area contributed by atoms with E-state index >= 15 is 0 Å². The molecule has 0 saturated carbocycles. The van der Waals surface area contributed by atoms with Crippen molar-refractivity contribution in [1.29, 1.82) is 0 Å². The highest BCUT2D eigenvalue weighted by Gasteiger charge is 2.04. The SMILES string of the molecule is CCCNc1ccnc(Cn2cnc(C)c2C)c1. The van der Waals surface area contributed by atoms with Gasteiger partial charge in [0.05, 0.1) is 24.3 Å². The van der Waals surface area contributed by atoms with E-state index in [2.05, 4.69) is 39.8 Å². The minimum atomic E-state index is 0.772. The standard InChI is InChI=1S/C14H20N4/c1-4-6-15-13-5-7-16-14(8-13)9-18-10-17-11(2)12(18)3/h5,7-8,10H,4,6,9H2,1-3H3,(H,15,16). The van der Waals surface area contributed by atoms with Gasteiger partial charge in [-0.2, -0.15) is 0 Å². The molecule has 0 bridgehead atoms. The van der Waals surface area contributed by atoms with Crippen LogP contribution < -0.4 is 5.32 Å². The Hall–Kier alpha value is -1.84. The molecule has 0 aliphatic carbocycles. The number of hydrogen-bond acceptors (Lipinski definition) is 3. The zero-order valence-corrected chi connectivity index (χ0v) is 11.3. The van der Waals surface area contributed by atoms with Gasteiger partial charge >= 0.3 is 0 Å². The smallest absolute Gasteiger partial charge is 0.0955 e. The number of aromatic nitrogens is 3. The first kappa shape index (κ1) is 12.6. The maximum Gasteiger partial charge on any atom is 0.0955 e. The van der Waals surface area contributed by atoms with Gasteiger partial charge in [0.1, 0.15) is 0 Å². The summed E-state index contributed by atoms with van der Waals surface area (Å²) in [5, 5.41) is 3.38. The molecule has 96 valence electrons. The first-order valence-electron chi connectivity index (χ1n) is 6.38. The summed E-state index contributed by atoms with van der Waals surface area (Å²) in [6.45, 7) is 8.04. The molecule has 0 saturated heterocycles. The Morgan fingerprint density at radius 2 is 2.11 bits per heavy atom. The minimum Gasteiger partial charge on any atom is -0.385 e. The van der Waals surface area contributed by atoms with Crippen LogP contribution in [0, 0.1) is 13.8 Å². The third-order valence-corrected chi connectivity index (χ3v) is 3.07. The molecule has 1 N–H and O–H groups in total. The topological polar surface area (TPSA) is 42.7 Å². The summed E-state index contributed by atoms with van der Waals surface area (Å²) >= 11 is 0. The van der Waals surface area contributed by atoms with Crippen LogP contribution >= 0.6 is 0 Å². The van der Waals surface area contributed by atoms with Gasteiger partial charge in [0.25, 0.3) is 0 Å². The van der Waals surface area contributed by atoms with Crippen molar-refractivity contribution >= 4 is 5.69 Å². The van der Waals surface area contributed by atoms with Crippen LogP contribution in [-0.4, -0.2) is 21.1 Å². The Morgan fingerprint density at radius 3 is 2.78 bits per heavy atom. The monoisotopic (exact) mass is 244 g/mol. The summed E-state index contributed by atoms with van der Waals surface area (Å²) in [4.78, 5) is 8.71. The average Bonchev–Trinajstić information content (AvgIpc) is 2.69. The highest BCUT2D eigenvalue weighted by atomic mass is 15.1. The van der Waals surface area contributed by atoms with Crippen molar-refractivity contribution in [1.82, 2.24) is 14.5 Å². The Kier molecular flexibility index (Phi) is 3.97. The average molecular weight is 244 g/mol. The summed E-state index contributed by atoms with van der Waals surface area (Å²) in [6.07, 6.45) is 4.85. The molecule has 4 heteroatoms. The second-order valence-corrected chi connectivity index (χ2v) is 4.51. The minimum absolute atomic E-state index is 0.772. The Labute approximate surface area is 108 Å². The molecule has 0 fully saturated rings. The van der Waals surface area contributed by atoms with Gasteiger partial charge in [-0.15, -0.1) is 0 Å². The third-order valence-electron chi connectivity index (χ3n) is 3.07. The van der Waals surface area contributed by atoms with Gasteiger partial charge in [-0.05, 0) is 32.4 Å². The van der Waals surface area contributed by atoms with Crippen LogP contribution in [0.3, 0.4) is 0 Å². The van der Waals surface area contributed by atoms with Crippen molar-refractivity contribution in [2.45, 2.75) is 33.7 Å². The van der Waals surface area contributed by atoms with Crippen LogP contribution in [0.25, 0.3) is 0 Å². The molecule has 0 radical (unpaired) electrons. The molecule has 4 nitrogen and oxygen atoms in total. The molecule has 0 aliphatic rings. The predicted octanol–water partition coefficient (Wildman–Crippen LogP) is 2.77. The lowest BCUT2D eigenvalue weighted by Gasteiger charge is -2.08. The molecule has 0 aliphatic heterocycles. The van der Waals surface area contributed by atoms with Gasteiger partial charge in [-0.25, -0.2) is 4.98 Å². The van der Waals surface area contributed by atoms with Crippen LogP contribution in [0.15, 0.2) is 24.7 Å². The molecule has 0 atom stereocenters. The van der Waals surface area contributed by atoms with Crippen LogP contribution in [0.2, 0.25) is 0 Å². The molecule has 0 aromatic carbocycles. The number of aryl methyl sites for hydroxylation is 1. The van der Waals surface area contributed by atoms with Crippen molar-refractivity contribution in [2.75, 3.05) is 11.9 Å². The van der Waals surface area contributed by atoms with E-state index in [0.717, 1.165) is 36.6 Å². The molecular formula is C14H20N4. The fourth-order valence-electron chi connectivity index (χ4n) is 1.82. The molecular weight excluding hydrogens is 224 g/mol. The number of imidazole rings is 1. The second kappa shape index (κ2) is 5.67. The van der Waals surface area contributed by atoms with Gasteiger partial charge in [0.2, 0.25) is 0 Å². The lowest BCUT2D eigenvalue weighted by atomic mass is 10.3. The van der Waals surface area contributed by atoms with E-state index in [9.17, 15) is 0 Å². The van der Waals surface area contributed by atoms with Crippen molar-refractivity contribution in [2.24, 2.45) is 0 Å². The van der Waals surface area contributed by atoms with E-state index < -0.39 is 0 Å². The third kappa shape index (κ3) is 2.88. The lowest BCUT2D eigenvalue weighted by Crippen LogP contribution is -2.05. The van der Waals surface area contributed by atoms with E-state index in [-0.39, 0.29) is 0 Å². The van der Waals surface area contributed by atoms with Crippen molar-refractivity contribution in [3.05, 3.63) is 41.7 Å². The first-order valence-corrected chi connectivity index (χ1v) is 6.38. The Balaban J connectivity index is 2.11. The van der Waals surface area contributed by atoms with Gasteiger partial charge in [-0.1, -0.05) is 6.92 Å². The Morgan fingerprint density at radius 1 is 1.28 bits per heavy atom. The normalized spacial score (nSPS) is 10.6. The number of nitrogens with one attached hydrogen (secondary N) is 1. The fraction of sp³-hybridized carbons (Fsp3) is 0.429. The van der Waals surface area contributed by atoms with Gasteiger partial charge < -0.3 is 9.88 Å². The van der Waals surface area contributed by atoms with Crippen LogP contribution in [0.1, 0.15) is 30.4 Å². The summed E-state index contributed by atoms with van der Waals surface area (Å²) in [5.41, 5.74) is 4.46. The van der Waals surface area contributed by atoms with Gasteiger partial charge in [0.15, 0.2) is 0 Å². The van der Waals surface area contributed by atoms with E-state index in [1.807, 2.05) is 25.5 Å².